The third-order valence-corrected chi connectivity index (χ3v) is 3.57. The molecule has 0 aromatic heterocycles. The highest BCUT2D eigenvalue weighted by atomic mass is 16.6. The monoisotopic (exact) mass is 275 g/mol. The number of hydrogen-bond acceptors (Lipinski definition) is 5. The number of benzene rings is 1. The molecule has 0 fully saturated rings. The van der Waals surface area contributed by atoms with Crippen LogP contribution in [0.1, 0.15) is 25.8 Å². The molecular weight excluding hydrogens is 258 g/mol. The van der Waals surface area contributed by atoms with Crippen molar-refractivity contribution >= 4 is 5.97 Å². The maximum absolute atomic E-state index is 12.1. The molecule has 0 spiro atoms. The van der Waals surface area contributed by atoms with Crippen LogP contribution in [0, 0.1) is 11.3 Å². The molecule has 0 saturated heterocycles. The van der Waals surface area contributed by atoms with Crippen LogP contribution in [0.2, 0.25) is 0 Å². The third kappa shape index (κ3) is 2.18. The Labute approximate surface area is 118 Å². The van der Waals surface area contributed by atoms with Gasteiger partial charge in [0.05, 0.1) is 25.2 Å². The number of carbonyl (C=O) groups excluding carboxylic acids is 1. The fraction of sp³-hybridized carbons (Fsp3) is 0.467. The van der Waals surface area contributed by atoms with Crippen LogP contribution in [0.15, 0.2) is 18.2 Å². The van der Waals surface area contributed by atoms with Crippen LogP contribution in [-0.2, 0) is 14.9 Å². The van der Waals surface area contributed by atoms with Crippen molar-refractivity contribution in [1.82, 2.24) is 0 Å². The lowest BCUT2D eigenvalue weighted by Crippen LogP contribution is -2.42. The third-order valence-electron chi connectivity index (χ3n) is 3.57. The Morgan fingerprint density at radius 2 is 2.30 bits per heavy atom. The second-order valence-corrected chi connectivity index (χ2v) is 4.86. The van der Waals surface area contributed by atoms with E-state index in [-0.39, 0.29) is 13.0 Å². The van der Waals surface area contributed by atoms with Gasteiger partial charge in [-0.05, 0) is 13.0 Å². The van der Waals surface area contributed by atoms with Gasteiger partial charge in [0.25, 0.3) is 0 Å². The van der Waals surface area contributed by atoms with Crippen LogP contribution >= 0.6 is 0 Å². The molecule has 1 aliphatic heterocycles. The van der Waals surface area contributed by atoms with E-state index in [1.165, 1.54) is 0 Å². The summed E-state index contributed by atoms with van der Waals surface area (Å²) in [5.74, 6) is 0.771. The molecular formula is C15H17NO4. The van der Waals surface area contributed by atoms with Crippen molar-refractivity contribution in [3.63, 3.8) is 0 Å². The van der Waals surface area contributed by atoms with Gasteiger partial charge in [-0.15, -0.1) is 0 Å². The first-order valence-electron chi connectivity index (χ1n) is 6.45. The molecule has 0 saturated carbocycles. The number of ether oxygens (including phenoxy) is 3. The Bertz CT molecular complexity index is 563. The van der Waals surface area contributed by atoms with E-state index in [1.807, 2.05) is 13.0 Å². The molecule has 0 bridgehead atoms. The molecule has 1 aliphatic rings. The van der Waals surface area contributed by atoms with E-state index in [0.29, 0.717) is 11.5 Å². The molecule has 5 nitrogen and oxygen atoms in total. The Balaban J connectivity index is 2.43. The summed E-state index contributed by atoms with van der Waals surface area (Å²) in [6.45, 7) is 3.86. The number of nitriles is 1. The minimum absolute atomic E-state index is 0.176. The summed E-state index contributed by atoms with van der Waals surface area (Å²) < 4.78 is 15.9. The topological polar surface area (TPSA) is 68.6 Å². The van der Waals surface area contributed by atoms with E-state index in [1.54, 1.807) is 26.2 Å². The SMILES string of the molecule is CCOC(=O)C1Oc2cc(OC)ccc2C1(C)CC#N. The van der Waals surface area contributed by atoms with Crippen molar-refractivity contribution < 1.29 is 19.0 Å². The van der Waals surface area contributed by atoms with E-state index in [4.69, 9.17) is 19.5 Å². The highest BCUT2D eigenvalue weighted by Crippen LogP contribution is 2.46. The van der Waals surface area contributed by atoms with Gasteiger partial charge >= 0.3 is 5.97 Å². The van der Waals surface area contributed by atoms with Gasteiger partial charge in [-0.25, -0.2) is 4.79 Å². The molecule has 1 aromatic rings. The zero-order chi connectivity index (χ0) is 14.8. The van der Waals surface area contributed by atoms with Crippen LogP contribution in [0.5, 0.6) is 11.5 Å². The van der Waals surface area contributed by atoms with E-state index in [9.17, 15) is 4.79 Å². The maximum atomic E-state index is 12.1. The maximum Gasteiger partial charge on any atom is 0.348 e. The molecule has 20 heavy (non-hydrogen) atoms. The molecule has 0 N–H and O–H groups in total. The zero-order valence-electron chi connectivity index (χ0n) is 11.8. The quantitative estimate of drug-likeness (QED) is 0.788. The van der Waals surface area contributed by atoms with Gasteiger partial charge < -0.3 is 14.2 Å². The van der Waals surface area contributed by atoms with E-state index in [2.05, 4.69) is 6.07 Å². The molecule has 106 valence electrons. The van der Waals surface area contributed by atoms with Crippen molar-refractivity contribution in [2.24, 2.45) is 0 Å². The largest absolute Gasteiger partial charge is 0.497 e. The van der Waals surface area contributed by atoms with Crippen LogP contribution in [0.25, 0.3) is 0 Å². The summed E-state index contributed by atoms with van der Waals surface area (Å²) in [6, 6.07) is 7.49. The predicted molar refractivity (Wildman–Crippen MR) is 71.6 cm³/mol. The molecule has 5 heteroatoms. The molecule has 2 unspecified atom stereocenters. The van der Waals surface area contributed by atoms with Crippen molar-refractivity contribution in [2.45, 2.75) is 31.8 Å². The number of esters is 1. The van der Waals surface area contributed by atoms with E-state index in [0.717, 1.165) is 5.56 Å². The van der Waals surface area contributed by atoms with Crippen LogP contribution in [0.3, 0.4) is 0 Å². The zero-order valence-corrected chi connectivity index (χ0v) is 11.8. The number of rotatable bonds is 4. The average Bonchev–Trinajstić information content (AvgIpc) is 2.72. The van der Waals surface area contributed by atoms with E-state index < -0.39 is 17.5 Å². The molecule has 1 aromatic carbocycles. The predicted octanol–water partition coefficient (Wildman–Crippen LogP) is 2.19. The van der Waals surface area contributed by atoms with Gasteiger partial charge in [0.15, 0.2) is 0 Å². The van der Waals surface area contributed by atoms with Crippen LogP contribution < -0.4 is 9.47 Å². The minimum atomic E-state index is -0.802. The van der Waals surface area contributed by atoms with Crippen molar-refractivity contribution in [3.8, 4) is 17.6 Å². The molecule has 1 heterocycles. The Morgan fingerprint density at radius 1 is 1.55 bits per heavy atom. The lowest BCUT2D eigenvalue weighted by Gasteiger charge is -2.26. The number of carbonyl (C=O) groups is 1. The Hall–Kier alpha value is -2.22. The molecule has 2 atom stereocenters. The number of hydrogen-bond donors (Lipinski definition) is 0. The van der Waals surface area contributed by atoms with Crippen molar-refractivity contribution in [2.75, 3.05) is 13.7 Å². The average molecular weight is 275 g/mol. The van der Waals surface area contributed by atoms with Crippen molar-refractivity contribution in [1.29, 1.82) is 5.26 Å². The van der Waals surface area contributed by atoms with E-state index >= 15 is 0 Å². The molecule has 0 amide bonds. The second kappa shape index (κ2) is 5.41. The fourth-order valence-corrected chi connectivity index (χ4v) is 2.48. The molecule has 0 radical (unpaired) electrons. The van der Waals surface area contributed by atoms with Crippen molar-refractivity contribution in [3.05, 3.63) is 23.8 Å². The van der Waals surface area contributed by atoms with Gasteiger partial charge in [0, 0.05) is 18.1 Å². The number of nitrogens with zero attached hydrogens (tertiary/aromatic N) is 1. The second-order valence-electron chi connectivity index (χ2n) is 4.86. The summed E-state index contributed by atoms with van der Waals surface area (Å²) in [4.78, 5) is 12.1. The Kier molecular flexibility index (Phi) is 3.84. The van der Waals surface area contributed by atoms with Gasteiger partial charge in [0.1, 0.15) is 11.5 Å². The first-order chi connectivity index (χ1) is 9.56. The smallest absolute Gasteiger partial charge is 0.348 e. The molecule has 2 rings (SSSR count). The lowest BCUT2D eigenvalue weighted by molar-refractivity contribution is -0.153. The first kappa shape index (κ1) is 14.2. The summed E-state index contributed by atoms with van der Waals surface area (Å²) >= 11 is 0. The number of fused-ring (bicyclic) bond motifs is 1. The minimum Gasteiger partial charge on any atom is -0.497 e. The van der Waals surface area contributed by atoms with Gasteiger partial charge in [-0.3, -0.25) is 0 Å². The first-order valence-corrected chi connectivity index (χ1v) is 6.45. The van der Waals surface area contributed by atoms with Crippen LogP contribution in [-0.4, -0.2) is 25.8 Å². The Morgan fingerprint density at radius 3 is 2.90 bits per heavy atom. The summed E-state index contributed by atoms with van der Waals surface area (Å²) in [5, 5.41) is 9.07. The van der Waals surface area contributed by atoms with Gasteiger partial charge in [0.2, 0.25) is 6.10 Å². The fourth-order valence-electron chi connectivity index (χ4n) is 2.48. The molecule has 0 aliphatic carbocycles. The normalized spacial score (nSPS) is 23.4. The van der Waals surface area contributed by atoms with Gasteiger partial charge in [-0.2, -0.15) is 5.26 Å². The van der Waals surface area contributed by atoms with Gasteiger partial charge in [-0.1, -0.05) is 13.0 Å². The lowest BCUT2D eigenvalue weighted by atomic mass is 9.76. The highest BCUT2D eigenvalue weighted by molar-refractivity contribution is 5.79. The number of methoxy groups -OCH3 is 1. The highest BCUT2D eigenvalue weighted by Gasteiger charge is 2.50. The summed E-state index contributed by atoms with van der Waals surface area (Å²) in [5.41, 5.74) is 0.126. The van der Waals surface area contributed by atoms with Crippen LogP contribution in [0.4, 0.5) is 0 Å². The summed E-state index contributed by atoms with van der Waals surface area (Å²) in [6.07, 6.45) is -0.625. The summed E-state index contributed by atoms with van der Waals surface area (Å²) in [7, 11) is 1.56. The standard InChI is InChI=1S/C15H17NO4/c1-4-19-14(17)13-15(2,7-8-16)11-6-5-10(18-3)9-12(11)20-13/h5-6,9,13H,4,7H2,1-3H3.